The van der Waals surface area contributed by atoms with E-state index in [1.165, 1.54) is 11.3 Å². The second kappa shape index (κ2) is 6.16. The summed E-state index contributed by atoms with van der Waals surface area (Å²) < 4.78 is 12.5. The molecule has 0 bridgehead atoms. The molecular formula is C13H21FN2O2. The van der Waals surface area contributed by atoms with Crippen molar-refractivity contribution in [2.24, 2.45) is 5.92 Å². The molecule has 18 heavy (non-hydrogen) atoms. The fourth-order valence-electron chi connectivity index (χ4n) is 2.96. The Morgan fingerprint density at radius 3 is 2.61 bits per heavy atom. The predicted octanol–water partition coefficient (Wildman–Crippen LogP) is 1.25. The highest BCUT2D eigenvalue weighted by Gasteiger charge is 2.35. The summed E-state index contributed by atoms with van der Waals surface area (Å²) in [6.07, 6.45) is 5.70. The number of nitrogens with one attached hydrogen (secondary N) is 1. The van der Waals surface area contributed by atoms with E-state index in [2.05, 4.69) is 5.32 Å². The van der Waals surface area contributed by atoms with Gasteiger partial charge >= 0.3 is 0 Å². The average Bonchev–Trinajstić information content (AvgIpc) is 2.53. The van der Waals surface area contributed by atoms with Crippen LogP contribution in [0.1, 0.15) is 38.5 Å². The molecule has 1 atom stereocenters. The number of carbonyl (C=O) groups excluding carboxylic acids is 2. The molecule has 0 aromatic heterocycles. The number of halogens is 1. The zero-order valence-electron chi connectivity index (χ0n) is 10.7. The van der Waals surface area contributed by atoms with E-state index >= 15 is 0 Å². The normalized spacial score (nSPS) is 26.9. The summed E-state index contributed by atoms with van der Waals surface area (Å²) in [6.45, 7) is -0.0911. The third-order valence-electron chi connectivity index (χ3n) is 3.98. The first-order valence-corrected chi connectivity index (χ1v) is 6.86. The van der Waals surface area contributed by atoms with E-state index in [0.717, 1.165) is 25.7 Å². The van der Waals surface area contributed by atoms with E-state index in [1.54, 1.807) is 0 Å². The van der Waals surface area contributed by atoms with Crippen LogP contribution in [0.15, 0.2) is 0 Å². The van der Waals surface area contributed by atoms with Gasteiger partial charge in [-0.3, -0.25) is 9.59 Å². The van der Waals surface area contributed by atoms with Gasteiger partial charge in [0.05, 0.1) is 0 Å². The number of hydrogen-bond donors (Lipinski definition) is 1. The first-order chi connectivity index (χ1) is 8.72. The van der Waals surface area contributed by atoms with Crippen molar-refractivity contribution in [1.29, 1.82) is 0 Å². The highest BCUT2D eigenvalue weighted by molar-refractivity contribution is 5.90. The summed E-state index contributed by atoms with van der Waals surface area (Å²) in [5.41, 5.74) is 0. The summed E-state index contributed by atoms with van der Waals surface area (Å²) in [6, 6.07) is -0.424. The van der Waals surface area contributed by atoms with Crippen LogP contribution in [0.3, 0.4) is 0 Å². The summed E-state index contributed by atoms with van der Waals surface area (Å²) in [5, 5.41) is 2.83. The van der Waals surface area contributed by atoms with Gasteiger partial charge in [-0.25, -0.2) is 4.39 Å². The molecule has 0 radical (unpaired) electrons. The second-order valence-corrected chi connectivity index (χ2v) is 5.21. The van der Waals surface area contributed by atoms with Crippen molar-refractivity contribution in [3.05, 3.63) is 0 Å². The molecule has 1 N–H and O–H groups in total. The third-order valence-corrected chi connectivity index (χ3v) is 3.98. The fourth-order valence-corrected chi connectivity index (χ4v) is 2.96. The molecule has 1 heterocycles. The van der Waals surface area contributed by atoms with E-state index < -0.39 is 12.7 Å². The number of amides is 2. The molecule has 1 aliphatic heterocycles. The van der Waals surface area contributed by atoms with Crippen molar-refractivity contribution in [1.82, 2.24) is 10.2 Å². The van der Waals surface area contributed by atoms with Crippen LogP contribution in [0, 0.1) is 5.92 Å². The summed E-state index contributed by atoms with van der Waals surface area (Å²) in [5.74, 6) is 0.0566. The average molecular weight is 256 g/mol. The standard InChI is InChI=1S/C13H21FN2O2/c14-7-9-16-8-6-11(17)15-12(13(16)18)10-4-2-1-3-5-10/h10,12H,1-9H2,(H,15,17). The van der Waals surface area contributed by atoms with Crippen molar-refractivity contribution in [2.45, 2.75) is 44.6 Å². The highest BCUT2D eigenvalue weighted by atomic mass is 19.1. The van der Waals surface area contributed by atoms with E-state index in [4.69, 9.17) is 0 Å². The first-order valence-electron chi connectivity index (χ1n) is 6.86. The molecule has 2 amide bonds. The maximum Gasteiger partial charge on any atom is 0.245 e. The zero-order valence-corrected chi connectivity index (χ0v) is 10.7. The second-order valence-electron chi connectivity index (χ2n) is 5.21. The molecule has 102 valence electrons. The van der Waals surface area contributed by atoms with Crippen LogP contribution in [0.4, 0.5) is 4.39 Å². The van der Waals surface area contributed by atoms with Gasteiger partial charge in [0.1, 0.15) is 12.7 Å². The largest absolute Gasteiger partial charge is 0.344 e. The molecule has 2 aliphatic rings. The topological polar surface area (TPSA) is 49.4 Å². The van der Waals surface area contributed by atoms with E-state index in [-0.39, 0.29) is 30.7 Å². The Hall–Kier alpha value is -1.13. The van der Waals surface area contributed by atoms with Crippen LogP contribution in [0.5, 0.6) is 0 Å². The van der Waals surface area contributed by atoms with E-state index in [1.807, 2.05) is 0 Å². The molecule has 1 saturated heterocycles. The first kappa shape index (κ1) is 13.3. The lowest BCUT2D eigenvalue weighted by Gasteiger charge is -2.31. The minimum Gasteiger partial charge on any atom is -0.344 e. The monoisotopic (exact) mass is 256 g/mol. The Kier molecular flexibility index (Phi) is 4.55. The van der Waals surface area contributed by atoms with Crippen LogP contribution >= 0.6 is 0 Å². The van der Waals surface area contributed by atoms with Gasteiger partial charge in [-0.05, 0) is 18.8 Å². The minimum atomic E-state index is -0.544. The summed E-state index contributed by atoms with van der Waals surface area (Å²) >= 11 is 0. The maximum absolute atomic E-state index is 12.5. The van der Waals surface area contributed by atoms with Crippen molar-refractivity contribution >= 4 is 11.8 Å². The van der Waals surface area contributed by atoms with Gasteiger partial charge in [0.25, 0.3) is 0 Å². The maximum atomic E-state index is 12.5. The van der Waals surface area contributed by atoms with Crippen LogP contribution in [0.2, 0.25) is 0 Å². The van der Waals surface area contributed by atoms with Gasteiger partial charge in [0, 0.05) is 19.5 Å². The van der Waals surface area contributed by atoms with E-state index in [9.17, 15) is 14.0 Å². The molecule has 1 unspecified atom stereocenters. The van der Waals surface area contributed by atoms with Crippen LogP contribution in [-0.2, 0) is 9.59 Å². The Balaban J connectivity index is 2.08. The van der Waals surface area contributed by atoms with Crippen LogP contribution < -0.4 is 5.32 Å². The Morgan fingerprint density at radius 1 is 1.22 bits per heavy atom. The van der Waals surface area contributed by atoms with Crippen LogP contribution in [-0.4, -0.2) is 42.5 Å². The number of hydrogen-bond acceptors (Lipinski definition) is 2. The quantitative estimate of drug-likeness (QED) is 0.826. The van der Waals surface area contributed by atoms with Gasteiger partial charge in [-0.1, -0.05) is 19.3 Å². The molecule has 2 rings (SSSR count). The lowest BCUT2D eigenvalue weighted by atomic mass is 9.83. The number of carbonyl (C=O) groups is 2. The van der Waals surface area contributed by atoms with Gasteiger partial charge < -0.3 is 10.2 Å². The Bertz CT molecular complexity index is 316. The molecule has 1 aliphatic carbocycles. The van der Waals surface area contributed by atoms with Crippen LogP contribution in [0.25, 0.3) is 0 Å². The van der Waals surface area contributed by atoms with E-state index in [0.29, 0.717) is 6.54 Å². The SMILES string of the molecule is O=C1CCN(CCF)C(=O)C(C2CCCCC2)N1. The molecule has 1 saturated carbocycles. The molecular weight excluding hydrogens is 235 g/mol. The van der Waals surface area contributed by atoms with Crippen molar-refractivity contribution in [3.63, 3.8) is 0 Å². The van der Waals surface area contributed by atoms with Gasteiger partial charge in [-0.2, -0.15) is 0 Å². The summed E-state index contributed by atoms with van der Waals surface area (Å²) in [7, 11) is 0. The van der Waals surface area contributed by atoms with Gasteiger partial charge in [0.2, 0.25) is 11.8 Å². The van der Waals surface area contributed by atoms with Gasteiger partial charge in [-0.15, -0.1) is 0 Å². The van der Waals surface area contributed by atoms with Gasteiger partial charge in [0.15, 0.2) is 0 Å². The predicted molar refractivity (Wildman–Crippen MR) is 65.7 cm³/mol. The molecule has 0 spiro atoms. The lowest BCUT2D eigenvalue weighted by Crippen LogP contribution is -2.49. The third kappa shape index (κ3) is 3.00. The fraction of sp³-hybridized carbons (Fsp3) is 0.846. The summed E-state index contributed by atoms with van der Waals surface area (Å²) in [4.78, 5) is 25.5. The molecule has 4 nitrogen and oxygen atoms in total. The highest BCUT2D eigenvalue weighted by Crippen LogP contribution is 2.28. The molecule has 0 aromatic rings. The number of alkyl halides is 1. The van der Waals surface area contributed by atoms with Crippen molar-refractivity contribution in [2.75, 3.05) is 19.8 Å². The smallest absolute Gasteiger partial charge is 0.245 e. The number of rotatable bonds is 3. The minimum absolute atomic E-state index is 0.0831. The number of nitrogens with zero attached hydrogens (tertiary/aromatic N) is 1. The molecule has 5 heteroatoms. The lowest BCUT2D eigenvalue weighted by molar-refractivity contribution is -0.135. The zero-order chi connectivity index (χ0) is 13.0. The molecule has 2 fully saturated rings. The Labute approximate surface area is 107 Å². The van der Waals surface area contributed by atoms with Crippen molar-refractivity contribution in [3.8, 4) is 0 Å². The Morgan fingerprint density at radius 2 is 1.94 bits per heavy atom. The molecule has 0 aromatic carbocycles. The van der Waals surface area contributed by atoms with Crippen molar-refractivity contribution < 1.29 is 14.0 Å².